The molecule has 0 radical (unpaired) electrons. The van der Waals surface area contributed by atoms with Crippen molar-refractivity contribution in [2.45, 2.75) is 26.3 Å². The molecule has 0 aliphatic heterocycles. The van der Waals surface area contributed by atoms with Crippen molar-refractivity contribution < 1.29 is 0 Å². The van der Waals surface area contributed by atoms with Gasteiger partial charge in [0.05, 0.1) is 6.04 Å². The van der Waals surface area contributed by atoms with E-state index in [4.69, 9.17) is 11.6 Å². The van der Waals surface area contributed by atoms with Crippen molar-refractivity contribution in [2.75, 3.05) is 7.05 Å². The molecule has 0 bridgehead atoms. The van der Waals surface area contributed by atoms with Gasteiger partial charge in [-0.1, -0.05) is 42.0 Å². The molecule has 0 fully saturated rings. The third-order valence-corrected chi connectivity index (χ3v) is 4.41. The van der Waals surface area contributed by atoms with Gasteiger partial charge >= 0.3 is 0 Å². The average molecular weight is 282 g/mol. The Morgan fingerprint density at radius 3 is 2.78 bits per heavy atom. The lowest BCUT2D eigenvalue weighted by molar-refractivity contribution is 0.568. The Morgan fingerprint density at radius 1 is 1.39 bits per heavy atom. The van der Waals surface area contributed by atoms with E-state index in [9.17, 15) is 0 Å². The molecule has 96 valence electrons. The highest BCUT2D eigenvalue weighted by Crippen LogP contribution is 2.30. The molecule has 0 amide bonds. The van der Waals surface area contributed by atoms with E-state index < -0.39 is 0 Å². The van der Waals surface area contributed by atoms with Gasteiger partial charge in [0.1, 0.15) is 10.0 Å². The Hall–Kier alpha value is -0.970. The van der Waals surface area contributed by atoms with Crippen LogP contribution in [0.3, 0.4) is 0 Å². The molecule has 2 rings (SSSR count). The topological polar surface area (TPSA) is 37.8 Å². The highest BCUT2D eigenvalue weighted by Gasteiger charge is 2.14. The lowest BCUT2D eigenvalue weighted by atomic mass is 10.2. The molecule has 2 aromatic rings. The number of rotatable bonds is 4. The maximum atomic E-state index is 6.13. The van der Waals surface area contributed by atoms with Crippen molar-refractivity contribution in [3.8, 4) is 10.6 Å². The normalized spacial score (nSPS) is 12.7. The third kappa shape index (κ3) is 2.71. The summed E-state index contributed by atoms with van der Waals surface area (Å²) < 4.78 is 0. The maximum absolute atomic E-state index is 6.13. The zero-order chi connectivity index (χ0) is 13.1. The van der Waals surface area contributed by atoms with Gasteiger partial charge in [0.25, 0.3) is 0 Å². The summed E-state index contributed by atoms with van der Waals surface area (Å²) in [5.74, 6) is 0. The Bertz CT molecular complexity index is 535. The van der Waals surface area contributed by atoms with Gasteiger partial charge in [0, 0.05) is 10.6 Å². The number of hydrogen-bond donors (Lipinski definition) is 1. The molecule has 18 heavy (non-hydrogen) atoms. The standard InChI is InChI=1S/C13H16ClN3S/c1-4-11(15-3)13-17-16-12(18-13)9-6-5-8(2)10(14)7-9/h5-7,11,15H,4H2,1-3H3. The highest BCUT2D eigenvalue weighted by atomic mass is 35.5. The van der Waals surface area contributed by atoms with Crippen molar-refractivity contribution in [3.63, 3.8) is 0 Å². The summed E-state index contributed by atoms with van der Waals surface area (Å²) in [6.45, 7) is 4.12. The van der Waals surface area contributed by atoms with Crippen molar-refractivity contribution in [1.82, 2.24) is 15.5 Å². The highest BCUT2D eigenvalue weighted by molar-refractivity contribution is 7.14. The summed E-state index contributed by atoms with van der Waals surface area (Å²) in [5.41, 5.74) is 2.10. The fraction of sp³-hybridized carbons (Fsp3) is 0.385. The van der Waals surface area contributed by atoms with E-state index in [0.717, 1.165) is 32.6 Å². The number of nitrogens with one attached hydrogen (secondary N) is 1. The fourth-order valence-electron chi connectivity index (χ4n) is 1.72. The first kappa shape index (κ1) is 13.5. The van der Waals surface area contributed by atoms with Crippen LogP contribution in [0.25, 0.3) is 10.6 Å². The minimum Gasteiger partial charge on any atom is -0.311 e. The molecule has 5 heteroatoms. The van der Waals surface area contributed by atoms with Crippen LogP contribution >= 0.6 is 22.9 Å². The Kier molecular flexibility index (Phi) is 4.32. The summed E-state index contributed by atoms with van der Waals surface area (Å²) in [4.78, 5) is 0. The smallest absolute Gasteiger partial charge is 0.147 e. The van der Waals surface area contributed by atoms with Gasteiger partial charge < -0.3 is 5.32 Å². The van der Waals surface area contributed by atoms with Crippen LogP contribution in [-0.4, -0.2) is 17.2 Å². The van der Waals surface area contributed by atoms with Crippen LogP contribution in [0.5, 0.6) is 0 Å². The first-order chi connectivity index (χ1) is 8.65. The van der Waals surface area contributed by atoms with Crippen LogP contribution < -0.4 is 5.32 Å². The molecule has 0 saturated heterocycles. The molecule has 3 nitrogen and oxygen atoms in total. The molecular weight excluding hydrogens is 266 g/mol. The average Bonchev–Trinajstić information content (AvgIpc) is 2.84. The molecule has 1 heterocycles. The van der Waals surface area contributed by atoms with Crippen LogP contribution in [-0.2, 0) is 0 Å². The van der Waals surface area contributed by atoms with Crippen LogP contribution in [0.1, 0.15) is 30.0 Å². The molecule has 0 aliphatic carbocycles. The van der Waals surface area contributed by atoms with E-state index in [1.165, 1.54) is 0 Å². The monoisotopic (exact) mass is 281 g/mol. The van der Waals surface area contributed by atoms with E-state index in [-0.39, 0.29) is 6.04 Å². The van der Waals surface area contributed by atoms with Crippen LogP contribution in [0.15, 0.2) is 18.2 Å². The lowest BCUT2D eigenvalue weighted by Gasteiger charge is -2.08. The zero-order valence-corrected chi connectivity index (χ0v) is 12.3. The molecule has 0 saturated carbocycles. The van der Waals surface area contributed by atoms with E-state index in [1.807, 2.05) is 32.2 Å². The fourth-order valence-corrected chi connectivity index (χ4v) is 2.93. The van der Waals surface area contributed by atoms with Gasteiger partial charge in [0.2, 0.25) is 0 Å². The minimum atomic E-state index is 0.275. The number of benzene rings is 1. The molecular formula is C13H16ClN3S. The van der Waals surface area contributed by atoms with Gasteiger partial charge in [-0.05, 0) is 32.0 Å². The minimum absolute atomic E-state index is 0.275. The molecule has 0 aliphatic rings. The quantitative estimate of drug-likeness (QED) is 0.925. The van der Waals surface area contributed by atoms with Crippen molar-refractivity contribution in [2.24, 2.45) is 0 Å². The Balaban J connectivity index is 2.31. The van der Waals surface area contributed by atoms with E-state index in [2.05, 4.69) is 22.4 Å². The first-order valence-corrected chi connectivity index (χ1v) is 7.12. The van der Waals surface area contributed by atoms with E-state index in [0.29, 0.717) is 0 Å². The second-order valence-corrected chi connectivity index (χ2v) is 5.58. The van der Waals surface area contributed by atoms with Gasteiger partial charge in [-0.15, -0.1) is 10.2 Å². The van der Waals surface area contributed by atoms with E-state index >= 15 is 0 Å². The predicted molar refractivity (Wildman–Crippen MR) is 77.2 cm³/mol. The molecule has 1 atom stereocenters. The van der Waals surface area contributed by atoms with Gasteiger partial charge in [-0.25, -0.2) is 0 Å². The second-order valence-electron chi connectivity index (χ2n) is 4.16. The van der Waals surface area contributed by atoms with Crippen molar-refractivity contribution in [1.29, 1.82) is 0 Å². The molecule has 1 unspecified atom stereocenters. The van der Waals surface area contributed by atoms with Crippen LogP contribution in [0.4, 0.5) is 0 Å². The molecule has 1 aromatic heterocycles. The molecule has 1 N–H and O–H groups in total. The predicted octanol–water partition coefficient (Wildman–Crippen LogP) is 3.84. The molecule has 0 spiro atoms. The molecule has 1 aromatic carbocycles. The van der Waals surface area contributed by atoms with Crippen molar-refractivity contribution >= 4 is 22.9 Å². The van der Waals surface area contributed by atoms with Crippen molar-refractivity contribution in [3.05, 3.63) is 33.8 Å². The van der Waals surface area contributed by atoms with Gasteiger partial charge in [-0.2, -0.15) is 0 Å². The summed E-state index contributed by atoms with van der Waals surface area (Å²) >= 11 is 7.75. The number of aryl methyl sites for hydroxylation is 1. The number of nitrogens with zero attached hydrogens (tertiary/aromatic N) is 2. The van der Waals surface area contributed by atoms with Crippen LogP contribution in [0.2, 0.25) is 5.02 Å². The third-order valence-electron chi connectivity index (χ3n) is 2.91. The Labute approximate surface area is 116 Å². The SMILES string of the molecule is CCC(NC)c1nnc(-c2ccc(C)c(Cl)c2)s1. The second kappa shape index (κ2) is 5.78. The number of halogens is 1. The van der Waals surface area contributed by atoms with Gasteiger partial charge in [0.15, 0.2) is 0 Å². The zero-order valence-electron chi connectivity index (χ0n) is 10.7. The maximum Gasteiger partial charge on any atom is 0.147 e. The van der Waals surface area contributed by atoms with Gasteiger partial charge in [-0.3, -0.25) is 0 Å². The lowest BCUT2D eigenvalue weighted by Crippen LogP contribution is -2.14. The number of aromatic nitrogens is 2. The summed E-state index contributed by atoms with van der Waals surface area (Å²) in [5, 5.41) is 14.4. The largest absolute Gasteiger partial charge is 0.311 e. The number of hydrogen-bond acceptors (Lipinski definition) is 4. The van der Waals surface area contributed by atoms with Crippen LogP contribution in [0, 0.1) is 6.92 Å². The summed E-state index contributed by atoms with van der Waals surface area (Å²) in [6, 6.07) is 6.26. The summed E-state index contributed by atoms with van der Waals surface area (Å²) in [6.07, 6.45) is 1.000. The summed E-state index contributed by atoms with van der Waals surface area (Å²) in [7, 11) is 1.94. The Morgan fingerprint density at radius 2 is 2.17 bits per heavy atom. The first-order valence-electron chi connectivity index (χ1n) is 5.93. The van der Waals surface area contributed by atoms with E-state index in [1.54, 1.807) is 11.3 Å².